The van der Waals surface area contributed by atoms with Crippen molar-refractivity contribution >= 4 is 33.2 Å². The molecule has 0 spiro atoms. The number of imide groups is 1. The van der Waals surface area contributed by atoms with E-state index < -0.39 is 46.0 Å². The number of methoxy groups -OCH3 is 1. The van der Waals surface area contributed by atoms with E-state index in [9.17, 15) is 27.2 Å². The number of hydrogen-bond acceptors (Lipinski definition) is 7. The number of carbonyl (C=O) groups excluding carboxylic acids is 3. The van der Waals surface area contributed by atoms with Gasteiger partial charge in [-0.25, -0.2) is 12.8 Å². The number of rotatable bonds is 14. The fourth-order valence-corrected chi connectivity index (χ4v) is 5.63. The molecule has 1 aliphatic rings. The minimum Gasteiger partial charge on any atom is -0.493 e. The third-order valence-electron chi connectivity index (χ3n) is 6.50. The van der Waals surface area contributed by atoms with Gasteiger partial charge in [-0.1, -0.05) is 38.3 Å². The van der Waals surface area contributed by atoms with Crippen molar-refractivity contribution in [2.45, 2.75) is 52.0 Å². The standard InChI is InChI=1S/C28H35FN2O7S/c1-5-7-8-9-10-18-11-13-20-25(26(18)30-24(32)16-29)28(34)31(27(20)33)21(17-39(4,35)36)19-12-14-22(37-3)23(15-19)38-6-2/h11-15,21H,5-10,16-17H2,1-4H3,(H,30,32)/t21-/m1/s1. The summed E-state index contributed by atoms with van der Waals surface area (Å²) in [6, 6.07) is 6.68. The van der Waals surface area contributed by atoms with Crippen LogP contribution in [0.1, 0.15) is 77.4 Å². The van der Waals surface area contributed by atoms with Crippen molar-refractivity contribution in [3.8, 4) is 11.5 Å². The van der Waals surface area contributed by atoms with Gasteiger partial charge in [0.25, 0.3) is 17.7 Å². The molecule has 0 aliphatic carbocycles. The highest BCUT2D eigenvalue weighted by molar-refractivity contribution is 7.90. The van der Waals surface area contributed by atoms with Gasteiger partial charge in [0, 0.05) is 6.26 Å². The number of benzene rings is 2. The van der Waals surface area contributed by atoms with E-state index in [0.29, 0.717) is 35.7 Å². The summed E-state index contributed by atoms with van der Waals surface area (Å²) in [7, 11) is -2.22. The molecular weight excluding hydrogens is 527 g/mol. The van der Waals surface area contributed by atoms with E-state index >= 15 is 0 Å². The van der Waals surface area contributed by atoms with Crippen molar-refractivity contribution in [3.05, 3.63) is 52.6 Å². The number of unbranched alkanes of at least 4 members (excludes halogenated alkanes) is 3. The van der Waals surface area contributed by atoms with E-state index in [1.165, 1.54) is 13.2 Å². The van der Waals surface area contributed by atoms with Gasteiger partial charge >= 0.3 is 0 Å². The van der Waals surface area contributed by atoms with Gasteiger partial charge in [-0.15, -0.1) is 0 Å². The van der Waals surface area contributed by atoms with E-state index in [4.69, 9.17) is 9.47 Å². The van der Waals surface area contributed by atoms with Crippen LogP contribution in [0.3, 0.4) is 0 Å². The Labute approximate surface area is 228 Å². The van der Waals surface area contributed by atoms with Crippen molar-refractivity contribution in [2.24, 2.45) is 0 Å². The Morgan fingerprint density at radius 1 is 1.05 bits per heavy atom. The molecule has 2 aromatic carbocycles. The number of nitrogens with zero attached hydrogens (tertiary/aromatic N) is 1. The average molecular weight is 563 g/mol. The first-order valence-electron chi connectivity index (χ1n) is 12.9. The lowest BCUT2D eigenvalue weighted by molar-refractivity contribution is -0.117. The molecule has 0 unspecified atom stereocenters. The van der Waals surface area contributed by atoms with Gasteiger partial charge < -0.3 is 14.8 Å². The maximum atomic E-state index is 13.9. The van der Waals surface area contributed by atoms with Gasteiger partial charge in [-0.05, 0) is 49.1 Å². The van der Waals surface area contributed by atoms with Crippen molar-refractivity contribution in [1.82, 2.24) is 4.90 Å². The van der Waals surface area contributed by atoms with Crippen LogP contribution in [0, 0.1) is 0 Å². The second-order valence-corrected chi connectivity index (χ2v) is 11.6. The zero-order valence-corrected chi connectivity index (χ0v) is 23.5. The number of fused-ring (bicyclic) bond motifs is 1. The molecule has 1 heterocycles. The highest BCUT2D eigenvalue weighted by Crippen LogP contribution is 2.40. The molecule has 3 amide bonds. The summed E-state index contributed by atoms with van der Waals surface area (Å²) >= 11 is 0. The molecule has 0 saturated carbocycles. The molecule has 0 fully saturated rings. The number of alkyl halides is 1. The Morgan fingerprint density at radius 2 is 1.79 bits per heavy atom. The van der Waals surface area contributed by atoms with Crippen molar-refractivity contribution < 1.29 is 36.7 Å². The molecule has 1 aliphatic heterocycles. The van der Waals surface area contributed by atoms with Crippen LogP contribution in [0.4, 0.5) is 10.1 Å². The third kappa shape index (κ3) is 6.95. The second-order valence-electron chi connectivity index (χ2n) is 9.45. The van der Waals surface area contributed by atoms with E-state index in [0.717, 1.165) is 36.8 Å². The molecule has 9 nitrogen and oxygen atoms in total. The third-order valence-corrected chi connectivity index (χ3v) is 7.42. The summed E-state index contributed by atoms with van der Waals surface area (Å²) in [5.41, 5.74) is 1.01. The highest BCUT2D eigenvalue weighted by atomic mass is 32.2. The average Bonchev–Trinajstić information content (AvgIpc) is 3.15. The van der Waals surface area contributed by atoms with Crippen molar-refractivity contribution in [1.29, 1.82) is 0 Å². The number of hydrogen-bond donors (Lipinski definition) is 1. The normalized spacial score (nSPS) is 13.8. The maximum absolute atomic E-state index is 13.9. The lowest BCUT2D eigenvalue weighted by Crippen LogP contribution is -2.37. The van der Waals surface area contributed by atoms with Crippen LogP contribution in [0.2, 0.25) is 0 Å². The molecule has 11 heteroatoms. The molecule has 0 bridgehead atoms. The first-order valence-corrected chi connectivity index (χ1v) is 15.0. The zero-order chi connectivity index (χ0) is 28.7. The molecular formula is C28H35FN2O7S. The Balaban J connectivity index is 2.12. The summed E-state index contributed by atoms with van der Waals surface area (Å²) in [5.74, 6) is -2.21. The van der Waals surface area contributed by atoms with Crippen LogP contribution in [0.25, 0.3) is 0 Å². The number of sulfone groups is 1. The highest BCUT2D eigenvalue weighted by Gasteiger charge is 2.44. The molecule has 0 aromatic heterocycles. The maximum Gasteiger partial charge on any atom is 0.264 e. The minimum absolute atomic E-state index is 0.0171. The molecule has 0 radical (unpaired) electrons. The topological polar surface area (TPSA) is 119 Å². The summed E-state index contributed by atoms with van der Waals surface area (Å²) in [6.07, 6.45) is 5.28. The summed E-state index contributed by atoms with van der Waals surface area (Å²) in [5, 5.41) is 2.47. The number of anilines is 1. The van der Waals surface area contributed by atoms with E-state index in [-0.39, 0.29) is 16.8 Å². The van der Waals surface area contributed by atoms with E-state index in [1.807, 2.05) is 0 Å². The van der Waals surface area contributed by atoms with Gasteiger partial charge in [0.2, 0.25) is 0 Å². The number of ether oxygens (including phenoxy) is 2. The van der Waals surface area contributed by atoms with Crippen LogP contribution in [0.5, 0.6) is 11.5 Å². The number of nitrogens with one attached hydrogen (secondary N) is 1. The van der Waals surface area contributed by atoms with Gasteiger partial charge in [0.1, 0.15) is 9.84 Å². The van der Waals surface area contributed by atoms with Gasteiger partial charge in [-0.2, -0.15) is 0 Å². The van der Waals surface area contributed by atoms with Crippen molar-refractivity contribution in [3.63, 3.8) is 0 Å². The molecule has 1 N–H and O–H groups in total. The Kier molecular flexibility index (Phi) is 10.1. The minimum atomic E-state index is -3.68. The fourth-order valence-electron chi connectivity index (χ4n) is 4.71. The SMILES string of the molecule is CCCCCCc1ccc2c(c1NC(=O)CF)C(=O)N([C@H](CS(C)(=O)=O)c1ccc(OC)c(OCC)c1)C2=O. The molecule has 1 atom stereocenters. The lowest BCUT2D eigenvalue weighted by atomic mass is 9.97. The lowest BCUT2D eigenvalue weighted by Gasteiger charge is -2.27. The zero-order valence-electron chi connectivity index (χ0n) is 22.7. The molecule has 2 aromatic rings. The summed E-state index contributed by atoms with van der Waals surface area (Å²) in [4.78, 5) is 40.5. The van der Waals surface area contributed by atoms with Crippen LogP contribution < -0.4 is 14.8 Å². The quantitative estimate of drug-likeness (QED) is 0.266. The second kappa shape index (κ2) is 13.1. The predicted octanol–water partition coefficient (Wildman–Crippen LogP) is 4.51. The largest absolute Gasteiger partial charge is 0.493 e. The smallest absolute Gasteiger partial charge is 0.264 e. The molecule has 0 saturated heterocycles. The number of aryl methyl sites for hydroxylation is 1. The monoisotopic (exact) mass is 562 g/mol. The van der Waals surface area contributed by atoms with Gasteiger partial charge in [0.05, 0.1) is 42.3 Å². The summed E-state index contributed by atoms with van der Waals surface area (Å²) < 4.78 is 49.1. The fraction of sp³-hybridized carbons (Fsp3) is 0.464. The molecule has 212 valence electrons. The number of halogens is 1. The Hall–Kier alpha value is -3.47. The first kappa shape index (κ1) is 30.1. The number of carbonyl (C=O) groups is 3. The van der Waals surface area contributed by atoms with E-state index in [1.54, 1.807) is 31.2 Å². The number of amides is 3. The van der Waals surface area contributed by atoms with Crippen LogP contribution in [0.15, 0.2) is 30.3 Å². The Bertz CT molecular complexity index is 1340. The summed E-state index contributed by atoms with van der Waals surface area (Å²) in [6.45, 7) is 2.86. The van der Waals surface area contributed by atoms with Gasteiger partial charge in [0.15, 0.2) is 18.2 Å². The first-order chi connectivity index (χ1) is 18.6. The predicted molar refractivity (Wildman–Crippen MR) is 146 cm³/mol. The molecule has 39 heavy (non-hydrogen) atoms. The van der Waals surface area contributed by atoms with Crippen LogP contribution >= 0.6 is 0 Å². The van der Waals surface area contributed by atoms with Crippen molar-refractivity contribution in [2.75, 3.05) is 37.7 Å². The van der Waals surface area contributed by atoms with Gasteiger partial charge in [-0.3, -0.25) is 19.3 Å². The molecule has 3 rings (SSSR count). The van der Waals surface area contributed by atoms with Crippen LogP contribution in [-0.4, -0.2) is 63.4 Å². The Morgan fingerprint density at radius 3 is 2.41 bits per heavy atom. The van der Waals surface area contributed by atoms with Crippen LogP contribution in [-0.2, 0) is 21.1 Å². The van der Waals surface area contributed by atoms with E-state index in [2.05, 4.69) is 12.2 Å².